The molecule has 0 aliphatic carbocycles. The quantitative estimate of drug-likeness (QED) is 0.350. The van der Waals surface area contributed by atoms with Crippen molar-refractivity contribution in [1.82, 2.24) is 0 Å². The van der Waals surface area contributed by atoms with Gasteiger partial charge in [-0.15, -0.1) is 0 Å². The monoisotopic (exact) mass is 436 g/mol. The van der Waals surface area contributed by atoms with Crippen LogP contribution in [0.5, 0.6) is 5.75 Å². The lowest BCUT2D eigenvalue weighted by atomic mass is 9.90. The standard InChI is InChI=1S/C27H32O5/c1-8-30-26(28)12-11-23-20(7)22-10-9-21(13-25(22)32-27(23)29)31-14-24-18(5)16(3)15(2)17(4)19(24)6/h9-10,13H,8,11-12,14H2,1-7H3. The molecule has 3 aromatic rings. The second kappa shape index (κ2) is 9.60. The van der Waals surface area contributed by atoms with Crippen molar-refractivity contribution in [1.29, 1.82) is 0 Å². The predicted molar refractivity (Wildman–Crippen MR) is 127 cm³/mol. The lowest BCUT2D eigenvalue weighted by Gasteiger charge is -2.19. The summed E-state index contributed by atoms with van der Waals surface area (Å²) in [4.78, 5) is 24.2. The SMILES string of the molecule is CCOC(=O)CCc1c(C)c2ccc(OCc3c(C)c(C)c(C)c(C)c3C)cc2oc1=O. The van der Waals surface area contributed by atoms with Gasteiger partial charge in [-0.2, -0.15) is 0 Å². The highest BCUT2D eigenvalue weighted by Crippen LogP contribution is 2.29. The first-order valence-electron chi connectivity index (χ1n) is 11.1. The number of hydrogen-bond donors (Lipinski definition) is 0. The minimum Gasteiger partial charge on any atom is -0.489 e. The Labute approximate surface area is 189 Å². The van der Waals surface area contributed by atoms with Gasteiger partial charge in [-0.3, -0.25) is 4.79 Å². The van der Waals surface area contributed by atoms with Gasteiger partial charge >= 0.3 is 11.6 Å². The third-order valence-corrected chi connectivity index (χ3v) is 6.68. The maximum atomic E-state index is 12.6. The number of carbonyl (C=O) groups is 1. The second-order valence-electron chi connectivity index (χ2n) is 8.35. The van der Waals surface area contributed by atoms with Crippen molar-refractivity contribution in [3.05, 3.63) is 73.1 Å². The van der Waals surface area contributed by atoms with Gasteiger partial charge in [0.1, 0.15) is 17.9 Å². The Bertz CT molecular complexity index is 1200. The average molecular weight is 437 g/mol. The fourth-order valence-electron chi connectivity index (χ4n) is 4.16. The first kappa shape index (κ1) is 23.6. The maximum Gasteiger partial charge on any atom is 0.339 e. The highest BCUT2D eigenvalue weighted by atomic mass is 16.5. The first-order valence-corrected chi connectivity index (χ1v) is 11.1. The highest BCUT2D eigenvalue weighted by molar-refractivity contribution is 5.82. The number of aryl methyl sites for hydroxylation is 1. The number of esters is 1. The van der Waals surface area contributed by atoms with E-state index in [1.165, 1.54) is 33.4 Å². The number of rotatable bonds is 7. The van der Waals surface area contributed by atoms with Crippen LogP contribution < -0.4 is 10.4 Å². The normalized spacial score (nSPS) is 11.1. The Balaban J connectivity index is 1.86. The summed E-state index contributed by atoms with van der Waals surface area (Å²) in [5.74, 6) is 0.330. The molecule has 32 heavy (non-hydrogen) atoms. The van der Waals surface area contributed by atoms with Crippen molar-refractivity contribution in [2.75, 3.05) is 6.61 Å². The molecule has 1 heterocycles. The van der Waals surface area contributed by atoms with Gasteiger partial charge in [0, 0.05) is 23.4 Å². The molecule has 3 rings (SSSR count). The Morgan fingerprint density at radius 2 is 1.50 bits per heavy atom. The number of carbonyl (C=O) groups excluding carboxylic acids is 1. The molecule has 0 spiro atoms. The van der Waals surface area contributed by atoms with Crippen molar-refractivity contribution in [2.45, 2.75) is 67.9 Å². The van der Waals surface area contributed by atoms with Crippen LogP contribution in [0.4, 0.5) is 0 Å². The zero-order chi connectivity index (χ0) is 23.6. The van der Waals surface area contributed by atoms with E-state index in [4.69, 9.17) is 13.9 Å². The fraction of sp³-hybridized carbons (Fsp3) is 0.407. The minimum atomic E-state index is -0.423. The van der Waals surface area contributed by atoms with Crippen molar-refractivity contribution >= 4 is 16.9 Å². The summed E-state index contributed by atoms with van der Waals surface area (Å²) in [5.41, 5.74) is 9.00. The smallest absolute Gasteiger partial charge is 0.339 e. The summed E-state index contributed by atoms with van der Waals surface area (Å²) in [7, 11) is 0. The Morgan fingerprint density at radius 3 is 2.12 bits per heavy atom. The molecule has 2 aromatic carbocycles. The van der Waals surface area contributed by atoms with E-state index in [0.29, 0.717) is 36.5 Å². The van der Waals surface area contributed by atoms with Crippen LogP contribution in [0.2, 0.25) is 0 Å². The molecule has 0 bridgehead atoms. The van der Waals surface area contributed by atoms with Gasteiger partial charge in [0.15, 0.2) is 0 Å². The summed E-state index contributed by atoms with van der Waals surface area (Å²) < 4.78 is 16.6. The van der Waals surface area contributed by atoms with E-state index in [-0.39, 0.29) is 12.4 Å². The molecule has 0 fully saturated rings. The summed E-state index contributed by atoms with van der Waals surface area (Å²) in [6, 6.07) is 5.56. The molecule has 0 amide bonds. The van der Waals surface area contributed by atoms with Gasteiger partial charge in [-0.05, 0) is 106 Å². The first-order chi connectivity index (χ1) is 15.1. The molecule has 5 heteroatoms. The van der Waals surface area contributed by atoms with Gasteiger partial charge in [0.25, 0.3) is 0 Å². The van der Waals surface area contributed by atoms with Gasteiger partial charge in [-0.25, -0.2) is 4.79 Å². The van der Waals surface area contributed by atoms with E-state index in [2.05, 4.69) is 34.6 Å². The highest BCUT2D eigenvalue weighted by Gasteiger charge is 2.15. The molecule has 0 radical (unpaired) electrons. The minimum absolute atomic E-state index is 0.153. The van der Waals surface area contributed by atoms with Gasteiger partial charge in [0.2, 0.25) is 0 Å². The number of benzene rings is 2. The van der Waals surface area contributed by atoms with Gasteiger partial charge < -0.3 is 13.9 Å². The number of ether oxygens (including phenoxy) is 2. The topological polar surface area (TPSA) is 65.7 Å². The zero-order valence-electron chi connectivity index (χ0n) is 20.1. The van der Waals surface area contributed by atoms with Crippen molar-refractivity contribution in [2.24, 2.45) is 0 Å². The van der Waals surface area contributed by atoms with E-state index in [0.717, 1.165) is 10.9 Å². The zero-order valence-corrected chi connectivity index (χ0v) is 20.1. The summed E-state index contributed by atoms with van der Waals surface area (Å²) in [6.45, 7) is 15.1. The molecule has 1 aromatic heterocycles. The van der Waals surface area contributed by atoms with Crippen LogP contribution >= 0.6 is 0 Å². The molecule has 0 aliphatic heterocycles. The van der Waals surface area contributed by atoms with Gasteiger partial charge in [0.05, 0.1) is 6.61 Å². The average Bonchev–Trinajstić information content (AvgIpc) is 2.76. The summed E-state index contributed by atoms with van der Waals surface area (Å²) in [5, 5.41) is 0.838. The van der Waals surface area contributed by atoms with Gasteiger partial charge in [-0.1, -0.05) is 0 Å². The fourth-order valence-corrected chi connectivity index (χ4v) is 4.16. The molecule has 0 atom stereocenters. The Hall–Kier alpha value is -3.08. The maximum absolute atomic E-state index is 12.6. The van der Waals surface area contributed by atoms with Crippen molar-refractivity contribution in [3.8, 4) is 5.75 Å². The molecule has 0 saturated heterocycles. The molecule has 170 valence electrons. The van der Waals surface area contributed by atoms with Crippen LogP contribution in [0, 0.1) is 41.5 Å². The predicted octanol–water partition coefficient (Wildman–Crippen LogP) is 5.72. The largest absolute Gasteiger partial charge is 0.489 e. The Morgan fingerprint density at radius 1 is 0.875 bits per heavy atom. The van der Waals surface area contributed by atoms with Crippen LogP contribution in [0.1, 0.15) is 57.9 Å². The van der Waals surface area contributed by atoms with E-state index < -0.39 is 5.63 Å². The lowest BCUT2D eigenvalue weighted by molar-refractivity contribution is -0.143. The lowest BCUT2D eigenvalue weighted by Crippen LogP contribution is -2.13. The van der Waals surface area contributed by atoms with Crippen molar-refractivity contribution < 1.29 is 18.7 Å². The van der Waals surface area contributed by atoms with Crippen LogP contribution in [0.15, 0.2) is 27.4 Å². The molecule has 0 N–H and O–H groups in total. The third-order valence-electron chi connectivity index (χ3n) is 6.68. The molecule has 0 saturated carbocycles. The van der Waals surface area contributed by atoms with E-state index in [1.807, 2.05) is 19.1 Å². The third kappa shape index (κ3) is 4.57. The molecular weight excluding hydrogens is 404 g/mol. The Kier molecular flexibility index (Phi) is 7.07. The number of fused-ring (bicyclic) bond motifs is 1. The molecule has 0 aliphatic rings. The molecule has 5 nitrogen and oxygen atoms in total. The van der Waals surface area contributed by atoms with E-state index in [1.54, 1.807) is 13.0 Å². The van der Waals surface area contributed by atoms with E-state index >= 15 is 0 Å². The summed E-state index contributed by atoms with van der Waals surface area (Å²) >= 11 is 0. The van der Waals surface area contributed by atoms with Crippen LogP contribution in [0.25, 0.3) is 11.0 Å². The second-order valence-corrected chi connectivity index (χ2v) is 8.35. The molecular formula is C27H32O5. The van der Waals surface area contributed by atoms with Crippen LogP contribution in [-0.2, 0) is 22.6 Å². The van der Waals surface area contributed by atoms with E-state index in [9.17, 15) is 9.59 Å². The van der Waals surface area contributed by atoms with Crippen molar-refractivity contribution in [3.63, 3.8) is 0 Å². The summed E-state index contributed by atoms with van der Waals surface area (Å²) in [6.07, 6.45) is 0.450. The number of hydrogen-bond acceptors (Lipinski definition) is 5. The van der Waals surface area contributed by atoms with Crippen LogP contribution in [-0.4, -0.2) is 12.6 Å². The molecule has 0 unspecified atom stereocenters. The van der Waals surface area contributed by atoms with Crippen LogP contribution in [0.3, 0.4) is 0 Å².